The van der Waals surface area contributed by atoms with Gasteiger partial charge in [0.1, 0.15) is 6.61 Å². The highest BCUT2D eigenvalue weighted by Gasteiger charge is 2.36. The third-order valence-corrected chi connectivity index (χ3v) is 5.17. The highest BCUT2D eigenvalue weighted by Crippen LogP contribution is 2.44. The summed E-state index contributed by atoms with van der Waals surface area (Å²) in [7, 11) is 1.30. The second-order valence-electron chi connectivity index (χ2n) is 6.61. The summed E-state index contributed by atoms with van der Waals surface area (Å²) in [5, 5.41) is 0. The molecule has 0 spiro atoms. The minimum Gasteiger partial charge on any atom is -0.467 e. The zero-order valence-electron chi connectivity index (χ0n) is 15.1. The van der Waals surface area contributed by atoms with E-state index in [1.807, 2.05) is 24.3 Å². The number of hydrogen-bond donors (Lipinski definition) is 0. The van der Waals surface area contributed by atoms with Crippen LogP contribution in [-0.2, 0) is 19.0 Å². The SMILES string of the molecule is COC(=O)[C@@H]1COCCN1C(=O)OCC1c2ccccc2-c2ccccc21. The predicted octanol–water partition coefficient (Wildman–Crippen LogP) is 2.81. The van der Waals surface area contributed by atoms with Gasteiger partial charge >= 0.3 is 12.1 Å². The second kappa shape index (κ2) is 7.40. The minimum atomic E-state index is -0.764. The van der Waals surface area contributed by atoms with Crippen LogP contribution in [0.15, 0.2) is 48.5 Å². The summed E-state index contributed by atoms with van der Waals surface area (Å²) in [5.74, 6) is -0.512. The van der Waals surface area contributed by atoms with E-state index in [0.717, 1.165) is 11.1 Å². The van der Waals surface area contributed by atoms with Crippen LogP contribution < -0.4 is 0 Å². The molecule has 0 radical (unpaired) electrons. The van der Waals surface area contributed by atoms with Gasteiger partial charge in [0.25, 0.3) is 0 Å². The first-order valence-electron chi connectivity index (χ1n) is 8.98. The number of nitrogens with zero attached hydrogens (tertiary/aromatic N) is 1. The van der Waals surface area contributed by atoms with Crippen LogP contribution in [0.2, 0.25) is 0 Å². The first kappa shape index (κ1) is 17.5. The van der Waals surface area contributed by atoms with E-state index in [1.54, 1.807) is 0 Å². The average Bonchev–Trinajstić information content (AvgIpc) is 3.05. The first-order valence-corrected chi connectivity index (χ1v) is 8.98. The number of hydrogen-bond acceptors (Lipinski definition) is 5. The molecule has 1 amide bonds. The molecule has 27 heavy (non-hydrogen) atoms. The van der Waals surface area contributed by atoms with Crippen LogP contribution in [0.5, 0.6) is 0 Å². The summed E-state index contributed by atoms with van der Waals surface area (Å²) < 4.78 is 15.7. The summed E-state index contributed by atoms with van der Waals surface area (Å²) >= 11 is 0. The van der Waals surface area contributed by atoms with E-state index in [1.165, 1.54) is 23.1 Å². The normalized spacial score (nSPS) is 18.6. The van der Waals surface area contributed by atoms with Crippen LogP contribution in [-0.4, -0.2) is 56.5 Å². The number of carbonyl (C=O) groups is 2. The summed E-state index contributed by atoms with van der Waals surface area (Å²) in [4.78, 5) is 26.0. The highest BCUT2D eigenvalue weighted by atomic mass is 16.6. The molecule has 6 heteroatoms. The predicted molar refractivity (Wildman–Crippen MR) is 98.4 cm³/mol. The van der Waals surface area contributed by atoms with E-state index in [0.29, 0.717) is 13.2 Å². The molecule has 2 aromatic carbocycles. The molecule has 2 aliphatic rings. The Morgan fingerprint density at radius 2 is 1.70 bits per heavy atom. The maximum atomic E-state index is 12.6. The Bertz CT molecular complexity index is 820. The molecule has 1 heterocycles. The number of amides is 1. The van der Waals surface area contributed by atoms with Crippen molar-refractivity contribution in [2.45, 2.75) is 12.0 Å². The quantitative estimate of drug-likeness (QED) is 0.781. The molecule has 1 aliphatic heterocycles. The van der Waals surface area contributed by atoms with Crippen LogP contribution in [0.25, 0.3) is 11.1 Å². The third kappa shape index (κ3) is 3.17. The number of morpholine rings is 1. The molecule has 1 aliphatic carbocycles. The standard InChI is InChI=1S/C21H21NO5/c1-25-20(23)19-13-26-11-10-22(19)21(24)27-12-18-16-8-4-2-6-14(16)15-7-3-5-9-17(15)18/h2-9,18-19H,10-13H2,1H3/t19-/m0/s1. The van der Waals surface area contributed by atoms with Crippen molar-refractivity contribution >= 4 is 12.1 Å². The van der Waals surface area contributed by atoms with E-state index in [-0.39, 0.29) is 19.1 Å². The van der Waals surface area contributed by atoms with Crippen molar-refractivity contribution in [3.63, 3.8) is 0 Å². The smallest absolute Gasteiger partial charge is 0.410 e. The fraction of sp³-hybridized carbons (Fsp3) is 0.333. The number of rotatable bonds is 3. The van der Waals surface area contributed by atoms with Gasteiger partial charge < -0.3 is 14.2 Å². The average molecular weight is 367 g/mol. The van der Waals surface area contributed by atoms with Crippen molar-refractivity contribution in [2.75, 3.05) is 33.5 Å². The number of ether oxygens (including phenoxy) is 3. The Kier molecular flexibility index (Phi) is 4.81. The summed E-state index contributed by atoms with van der Waals surface area (Å²) in [6.45, 7) is 1.02. The lowest BCUT2D eigenvalue weighted by Crippen LogP contribution is -2.53. The maximum Gasteiger partial charge on any atom is 0.410 e. The zero-order valence-corrected chi connectivity index (χ0v) is 15.1. The van der Waals surface area contributed by atoms with E-state index in [9.17, 15) is 9.59 Å². The van der Waals surface area contributed by atoms with Gasteiger partial charge in [-0.05, 0) is 22.3 Å². The number of methoxy groups -OCH3 is 1. The van der Waals surface area contributed by atoms with E-state index >= 15 is 0 Å². The van der Waals surface area contributed by atoms with Gasteiger partial charge in [-0.1, -0.05) is 48.5 Å². The van der Waals surface area contributed by atoms with Crippen molar-refractivity contribution in [1.29, 1.82) is 0 Å². The van der Waals surface area contributed by atoms with Gasteiger partial charge in [0.15, 0.2) is 6.04 Å². The molecule has 4 rings (SSSR count). The largest absolute Gasteiger partial charge is 0.467 e. The number of benzene rings is 2. The van der Waals surface area contributed by atoms with Gasteiger partial charge in [-0.3, -0.25) is 4.90 Å². The van der Waals surface area contributed by atoms with Gasteiger partial charge in [-0.2, -0.15) is 0 Å². The fourth-order valence-electron chi connectivity index (χ4n) is 3.83. The molecule has 1 atom stereocenters. The van der Waals surface area contributed by atoms with Gasteiger partial charge in [0.2, 0.25) is 0 Å². The molecule has 0 saturated carbocycles. The summed E-state index contributed by atoms with van der Waals surface area (Å²) in [6.07, 6.45) is -0.518. The molecule has 0 bridgehead atoms. The maximum absolute atomic E-state index is 12.6. The van der Waals surface area contributed by atoms with Crippen LogP contribution in [0, 0.1) is 0 Å². The molecule has 0 unspecified atom stereocenters. The lowest BCUT2D eigenvalue weighted by molar-refractivity contribution is -0.152. The van der Waals surface area contributed by atoms with Gasteiger partial charge in [-0.15, -0.1) is 0 Å². The van der Waals surface area contributed by atoms with Crippen LogP contribution in [0.1, 0.15) is 17.0 Å². The number of esters is 1. The van der Waals surface area contributed by atoms with Gasteiger partial charge in [0, 0.05) is 12.5 Å². The van der Waals surface area contributed by atoms with Crippen molar-refractivity contribution in [2.24, 2.45) is 0 Å². The van der Waals surface area contributed by atoms with E-state index < -0.39 is 18.1 Å². The summed E-state index contributed by atoms with van der Waals surface area (Å²) in [5.41, 5.74) is 4.65. The molecule has 1 saturated heterocycles. The Morgan fingerprint density at radius 1 is 1.07 bits per heavy atom. The van der Waals surface area contributed by atoms with E-state index in [2.05, 4.69) is 24.3 Å². The van der Waals surface area contributed by atoms with Gasteiger partial charge in [0.05, 0.1) is 20.3 Å². The van der Waals surface area contributed by atoms with Crippen molar-refractivity contribution in [1.82, 2.24) is 4.90 Å². The lowest BCUT2D eigenvalue weighted by Gasteiger charge is -2.33. The highest BCUT2D eigenvalue weighted by molar-refractivity contribution is 5.82. The van der Waals surface area contributed by atoms with E-state index in [4.69, 9.17) is 14.2 Å². The molecule has 0 N–H and O–H groups in total. The second-order valence-corrected chi connectivity index (χ2v) is 6.61. The fourth-order valence-corrected chi connectivity index (χ4v) is 3.83. The van der Waals surface area contributed by atoms with Crippen LogP contribution >= 0.6 is 0 Å². The number of fused-ring (bicyclic) bond motifs is 3. The molecule has 6 nitrogen and oxygen atoms in total. The van der Waals surface area contributed by atoms with Gasteiger partial charge in [-0.25, -0.2) is 9.59 Å². The first-order chi connectivity index (χ1) is 13.2. The summed E-state index contributed by atoms with van der Waals surface area (Å²) in [6, 6.07) is 15.6. The van der Waals surface area contributed by atoms with Crippen molar-refractivity contribution < 1.29 is 23.8 Å². The molecule has 1 fully saturated rings. The van der Waals surface area contributed by atoms with Crippen LogP contribution in [0.4, 0.5) is 4.79 Å². The molecule has 0 aromatic heterocycles. The Balaban J connectivity index is 1.51. The lowest BCUT2D eigenvalue weighted by atomic mass is 9.98. The minimum absolute atomic E-state index is 0.0148. The topological polar surface area (TPSA) is 65.1 Å². The Morgan fingerprint density at radius 3 is 2.33 bits per heavy atom. The third-order valence-electron chi connectivity index (χ3n) is 5.17. The Labute approximate surface area is 157 Å². The molecular formula is C21H21NO5. The molecular weight excluding hydrogens is 346 g/mol. The monoisotopic (exact) mass is 367 g/mol. The number of carbonyl (C=O) groups excluding carboxylic acids is 2. The Hall–Kier alpha value is -2.86. The molecule has 140 valence electrons. The van der Waals surface area contributed by atoms with Crippen molar-refractivity contribution in [3.05, 3.63) is 59.7 Å². The zero-order chi connectivity index (χ0) is 18.8. The van der Waals surface area contributed by atoms with Crippen LogP contribution in [0.3, 0.4) is 0 Å². The molecule has 2 aromatic rings. The van der Waals surface area contributed by atoms with Crippen molar-refractivity contribution in [3.8, 4) is 11.1 Å².